The van der Waals surface area contributed by atoms with Gasteiger partial charge >= 0.3 is 0 Å². The highest BCUT2D eigenvalue weighted by Crippen LogP contribution is 2.10. The van der Waals surface area contributed by atoms with E-state index in [1.807, 2.05) is 54.4 Å². The predicted molar refractivity (Wildman–Crippen MR) is 120 cm³/mol. The van der Waals surface area contributed by atoms with Gasteiger partial charge in [-0.25, -0.2) is 0 Å². The smallest absolute Gasteiger partial charge is 0.254 e. The van der Waals surface area contributed by atoms with E-state index >= 15 is 0 Å². The van der Waals surface area contributed by atoms with Crippen LogP contribution < -0.4 is 15.4 Å². The Morgan fingerprint density at radius 2 is 1.94 bits per heavy atom. The van der Waals surface area contributed by atoms with E-state index in [4.69, 9.17) is 4.74 Å². The number of ether oxygens (including phenoxy) is 1. The summed E-state index contributed by atoms with van der Waals surface area (Å²) in [6.07, 6.45) is 0. The van der Waals surface area contributed by atoms with Gasteiger partial charge in [-0.05, 0) is 29.8 Å². The van der Waals surface area contributed by atoms with Gasteiger partial charge in [0.1, 0.15) is 12.4 Å². The maximum absolute atomic E-state index is 12.6. The van der Waals surface area contributed by atoms with Crippen molar-refractivity contribution in [1.29, 1.82) is 0 Å². The van der Waals surface area contributed by atoms with Crippen LogP contribution in [0.4, 0.5) is 0 Å². The lowest BCUT2D eigenvalue weighted by Gasteiger charge is -2.26. The number of piperazine rings is 1. The lowest BCUT2D eigenvalue weighted by molar-refractivity contribution is -0.123. The largest absolute Gasteiger partial charge is 0.492 e. The normalized spacial score (nSPS) is 14.1. The quantitative estimate of drug-likeness (QED) is 0.519. The van der Waals surface area contributed by atoms with Crippen molar-refractivity contribution >= 4 is 17.8 Å². The zero-order valence-corrected chi connectivity index (χ0v) is 18.0. The van der Waals surface area contributed by atoms with Gasteiger partial charge in [-0.15, -0.1) is 0 Å². The van der Waals surface area contributed by atoms with Gasteiger partial charge < -0.3 is 25.2 Å². The van der Waals surface area contributed by atoms with Crippen molar-refractivity contribution in [2.75, 3.05) is 46.9 Å². The molecule has 0 spiro atoms. The highest BCUT2D eigenvalue weighted by molar-refractivity contribution is 5.97. The van der Waals surface area contributed by atoms with E-state index in [0.717, 1.165) is 17.3 Å². The van der Waals surface area contributed by atoms with Crippen LogP contribution in [0, 0.1) is 0 Å². The summed E-state index contributed by atoms with van der Waals surface area (Å²) in [5.41, 5.74) is 1.61. The molecule has 2 amide bonds. The first-order valence-corrected chi connectivity index (χ1v) is 10.3. The number of aliphatic imine (C=N–C) groups is 1. The number of carbonyl (C=O) groups is 2. The molecule has 8 nitrogen and oxygen atoms in total. The molecule has 3 rings (SSSR count). The Morgan fingerprint density at radius 3 is 2.61 bits per heavy atom. The zero-order chi connectivity index (χ0) is 22.1. The molecule has 0 aromatic heterocycles. The molecule has 0 aliphatic carbocycles. The number of benzene rings is 2. The van der Waals surface area contributed by atoms with Gasteiger partial charge in [0.2, 0.25) is 5.91 Å². The van der Waals surface area contributed by atoms with Gasteiger partial charge in [0.15, 0.2) is 5.96 Å². The van der Waals surface area contributed by atoms with Crippen molar-refractivity contribution in [2.45, 2.75) is 6.54 Å². The first-order chi connectivity index (χ1) is 15.1. The van der Waals surface area contributed by atoms with Crippen molar-refractivity contribution in [3.63, 3.8) is 0 Å². The minimum absolute atomic E-state index is 0.110. The number of carbonyl (C=O) groups excluding carboxylic acids is 2. The fourth-order valence-electron chi connectivity index (χ4n) is 3.25. The Morgan fingerprint density at radius 1 is 1.19 bits per heavy atom. The van der Waals surface area contributed by atoms with Crippen LogP contribution in [0.5, 0.6) is 5.75 Å². The van der Waals surface area contributed by atoms with Crippen LogP contribution in [0.25, 0.3) is 0 Å². The summed E-state index contributed by atoms with van der Waals surface area (Å²) in [4.78, 5) is 31.9. The number of guanidine groups is 1. The summed E-state index contributed by atoms with van der Waals surface area (Å²) in [5, 5.41) is 6.05. The Hall–Kier alpha value is -3.55. The van der Waals surface area contributed by atoms with Crippen molar-refractivity contribution in [3.8, 4) is 5.75 Å². The molecule has 0 bridgehead atoms. The van der Waals surface area contributed by atoms with Crippen LogP contribution in [-0.2, 0) is 11.3 Å². The number of nitrogens with one attached hydrogen (secondary N) is 2. The van der Waals surface area contributed by atoms with Gasteiger partial charge in [0.05, 0.1) is 13.1 Å². The topological polar surface area (TPSA) is 86.3 Å². The van der Waals surface area contributed by atoms with E-state index in [-0.39, 0.29) is 18.4 Å². The first kappa shape index (κ1) is 22.1. The molecule has 31 heavy (non-hydrogen) atoms. The summed E-state index contributed by atoms with van der Waals surface area (Å²) in [6.45, 7) is 2.95. The fraction of sp³-hybridized carbons (Fsp3) is 0.348. The van der Waals surface area contributed by atoms with E-state index < -0.39 is 0 Å². The minimum atomic E-state index is -0.122. The van der Waals surface area contributed by atoms with Gasteiger partial charge in [-0.2, -0.15) is 0 Å². The number of hydrogen-bond donors (Lipinski definition) is 2. The Bertz CT molecular complexity index is 899. The number of nitrogens with zero attached hydrogens (tertiary/aromatic N) is 3. The molecule has 1 aliphatic rings. The van der Waals surface area contributed by atoms with Crippen LogP contribution in [0.3, 0.4) is 0 Å². The molecule has 0 atom stereocenters. The molecule has 2 aromatic rings. The summed E-state index contributed by atoms with van der Waals surface area (Å²) in [6, 6.07) is 17.1. The Labute approximate surface area is 182 Å². The average molecular weight is 424 g/mol. The molecule has 1 fully saturated rings. The van der Waals surface area contributed by atoms with Gasteiger partial charge in [0, 0.05) is 39.3 Å². The summed E-state index contributed by atoms with van der Waals surface area (Å²) in [7, 11) is 3.70. The number of para-hydroxylation sites is 1. The second kappa shape index (κ2) is 11.0. The van der Waals surface area contributed by atoms with Gasteiger partial charge in [-0.1, -0.05) is 30.3 Å². The van der Waals surface area contributed by atoms with E-state index in [9.17, 15) is 9.59 Å². The third kappa shape index (κ3) is 6.47. The van der Waals surface area contributed by atoms with Crippen LogP contribution in [0.1, 0.15) is 15.9 Å². The number of amides is 2. The molecule has 0 saturated carbocycles. The molecule has 0 unspecified atom stereocenters. The Balaban J connectivity index is 1.46. The molecule has 1 aliphatic heterocycles. The van der Waals surface area contributed by atoms with Gasteiger partial charge in [0.25, 0.3) is 5.91 Å². The minimum Gasteiger partial charge on any atom is -0.492 e. The van der Waals surface area contributed by atoms with Crippen LogP contribution >= 0.6 is 0 Å². The standard InChI is InChI=1S/C23H29N5O3/c1-24-23(27(2)14-15-31-20-6-4-3-5-7-20)26-16-18-8-10-19(11-9-18)22(30)28-13-12-25-21(29)17-28/h3-11H,12-17H2,1-2H3,(H,24,26)(H,25,29). The second-order valence-corrected chi connectivity index (χ2v) is 7.26. The number of likely N-dealkylation sites (N-methyl/N-ethyl adjacent to an activating group) is 1. The van der Waals surface area contributed by atoms with E-state index in [0.29, 0.717) is 38.3 Å². The molecular weight excluding hydrogens is 394 g/mol. The average Bonchev–Trinajstić information content (AvgIpc) is 2.80. The first-order valence-electron chi connectivity index (χ1n) is 10.3. The number of hydrogen-bond acceptors (Lipinski definition) is 4. The van der Waals surface area contributed by atoms with E-state index in [2.05, 4.69) is 15.6 Å². The predicted octanol–water partition coefficient (Wildman–Crippen LogP) is 1.34. The molecular formula is C23H29N5O3. The van der Waals surface area contributed by atoms with Crippen molar-refractivity contribution in [3.05, 3.63) is 65.7 Å². The maximum atomic E-state index is 12.6. The van der Waals surface area contributed by atoms with Crippen LogP contribution in [0.15, 0.2) is 59.6 Å². The van der Waals surface area contributed by atoms with Crippen molar-refractivity contribution in [2.24, 2.45) is 4.99 Å². The second-order valence-electron chi connectivity index (χ2n) is 7.26. The molecule has 1 heterocycles. The molecule has 0 radical (unpaired) electrons. The molecule has 2 N–H and O–H groups in total. The summed E-state index contributed by atoms with van der Waals surface area (Å²) in [5.74, 6) is 1.36. The number of rotatable bonds is 7. The third-order valence-electron chi connectivity index (χ3n) is 4.99. The van der Waals surface area contributed by atoms with E-state index in [1.165, 1.54) is 0 Å². The monoisotopic (exact) mass is 423 g/mol. The van der Waals surface area contributed by atoms with Gasteiger partial charge in [-0.3, -0.25) is 14.6 Å². The van der Waals surface area contributed by atoms with E-state index in [1.54, 1.807) is 24.1 Å². The lowest BCUT2D eigenvalue weighted by atomic mass is 10.1. The lowest BCUT2D eigenvalue weighted by Crippen LogP contribution is -2.49. The van der Waals surface area contributed by atoms with Crippen molar-refractivity contribution in [1.82, 2.24) is 20.4 Å². The SMILES string of the molecule is CN=C(NCc1ccc(C(=O)N2CCNC(=O)C2)cc1)N(C)CCOc1ccccc1. The van der Waals surface area contributed by atoms with Crippen LogP contribution in [-0.4, -0.2) is 74.5 Å². The Kier molecular flexibility index (Phi) is 7.86. The third-order valence-corrected chi connectivity index (χ3v) is 4.99. The molecule has 164 valence electrons. The molecule has 1 saturated heterocycles. The zero-order valence-electron chi connectivity index (χ0n) is 18.0. The summed E-state index contributed by atoms with van der Waals surface area (Å²) < 4.78 is 5.74. The summed E-state index contributed by atoms with van der Waals surface area (Å²) >= 11 is 0. The molecule has 2 aromatic carbocycles. The maximum Gasteiger partial charge on any atom is 0.254 e. The van der Waals surface area contributed by atoms with Crippen molar-refractivity contribution < 1.29 is 14.3 Å². The fourth-order valence-corrected chi connectivity index (χ4v) is 3.25. The van der Waals surface area contributed by atoms with Crippen LogP contribution in [0.2, 0.25) is 0 Å². The highest BCUT2D eigenvalue weighted by atomic mass is 16.5. The molecule has 8 heteroatoms. The highest BCUT2D eigenvalue weighted by Gasteiger charge is 2.22.